The lowest BCUT2D eigenvalue weighted by Crippen LogP contribution is -2.41. The number of likely N-dealkylation sites (N-methyl/N-ethyl adjacent to an activating group) is 1. The minimum Gasteiger partial charge on any atom is -0.358 e. The van der Waals surface area contributed by atoms with Crippen molar-refractivity contribution >= 4 is 11.8 Å². The Bertz CT molecular complexity index is 512. The van der Waals surface area contributed by atoms with Crippen LogP contribution < -0.4 is 16.0 Å². The molecule has 3 N–H and O–H groups in total. The van der Waals surface area contributed by atoms with E-state index in [2.05, 4.69) is 61.0 Å². The third-order valence-electron chi connectivity index (χ3n) is 4.03. The molecule has 24 heavy (non-hydrogen) atoms. The van der Waals surface area contributed by atoms with E-state index in [1.807, 2.05) is 0 Å². The van der Waals surface area contributed by atoms with Crippen molar-refractivity contribution in [3.8, 4) is 0 Å². The molecule has 1 aromatic rings. The molecule has 0 aliphatic rings. The molecule has 0 bridgehead atoms. The van der Waals surface area contributed by atoms with Gasteiger partial charge >= 0.3 is 0 Å². The van der Waals surface area contributed by atoms with E-state index < -0.39 is 0 Å². The van der Waals surface area contributed by atoms with Crippen LogP contribution in [0.3, 0.4) is 0 Å². The van der Waals surface area contributed by atoms with Gasteiger partial charge in [-0.3, -0.25) is 9.59 Å². The third kappa shape index (κ3) is 7.13. The molecular weight excluding hydrogens is 302 g/mol. The molecule has 1 aromatic carbocycles. The average Bonchev–Trinajstić information content (AvgIpc) is 2.58. The van der Waals surface area contributed by atoms with E-state index in [9.17, 15) is 9.59 Å². The van der Waals surface area contributed by atoms with Crippen molar-refractivity contribution in [2.75, 3.05) is 20.1 Å². The minimum atomic E-state index is -0.202. The molecule has 0 saturated heterocycles. The fourth-order valence-electron chi connectivity index (χ4n) is 2.54. The number of hydrogen-bond donors (Lipinski definition) is 3. The summed E-state index contributed by atoms with van der Waals surface area (Å²) in [4.78, 5) is 23.0. The average molecular weight is 333 g/mol. The largest absolute Gasteiger partial charge is 0.358 e. The third-order valence-corrected chi connectivity index (χ3v) is 4.03. The van der Waals surface area contributed by atoms with Gasteiger partial charge < -0.3 is 16.0 Å². The highest BCUT2D eigenvalue weighted by Gasteiger charge is 2.16. The first-order chi connectivity index (χ1) is 11.5. The summed E-state index contributed by atoms with van der Waals surface area (Å²) in [5, 5.41) is 8.37. The Morgan fingerprint density at radius 1 is 1.04 bits per heavy atom. The first-order valence-corrected chi connectivity index (χ1v) is 8.77. The van der Waals surface area contributed by atoms with Crippen LogP contribution in [0.25, 0.3) is 0 Å². The van der Waals surface area contributed by atoms with Crippen LogP contribution in [-0.4, -0.2) is 32.0 Å². The van der Waals surface area contributed by atoms with Crippen molar-refractivity contribution in [1.29, 1.82) is 0 Å². The molecule has 5 nitrogen and oxygen atoms in total. The zero-order valence-corrected chi connectivity index (χ0v) is 15.3. The topological polar surface area (TPSA) is 70.2 Å². The van der Waals surface area contributed by atoms with Crippen molar-refractivity contribution in [3.63, 3.8) is 0 Å². The summed E-state index contributed by atoms with van der Waals surface area (Å²) in [7, 11) is 1.55. The van der Waals surface area contributed by atoms with Gasteiger partial charge in [0, 0.05) is 13.1 Å². The van der Waals surface area contributed by atoms with Gasteiger partial charge in [-0.2, -0.15) is 0 Å². The maximum absolute atomic E-state index is 11.8. The van der Waals surface area contributed by atoms with E-state index in [0.29, 0.717) is 5.92 Å². The smallest absolute Gasteiger partial charge is 0.239 e. The summed E-state index contributed by atoms with van der Waals surface area (Å²) in [6.07, 6.45) is 3.51. The monoisotopic (exact) mass is 333 g/mol. The van der Waals surface area contributed by atoms with Crippen LogP contribution in [0.4, 0.5) is 0 Å². The Morgan fingerprint density at radius 3 is 2.25 bits per heavy atom. The Hall–Kier alpha value is -1.88. The number of carbonyl (C=O) groups is 2. The molecule has 134 valence electrons. The van der Waals surface area contributed by atoms with Crippen LogP contribution >= 0.6 is 0 Å². The molecule has 5 heteroatoms. The van der Waals surface area contributed by atoms with Crippen molar-refractivity contribution in [2.45, 2.75) is 46.1 Å². The number of nitrogens with one attached hydrogen (secondary N) is 3. The molecule has 0 heterocycles. The molecule has 0 aliphatic heterocycles. The van der Waals surface area contributed by atoms with E-state index in [0.717, 1.165) is 6.42 Å². The van der Waals surface area contributed by atoms with E-state index >= 15 is 0 Å². The maximum Gasteiger partial charge on any atom is 0.239 e. The van der Waals surface area contributed by atoms with Crippen LogP contribution in [0.2, 0.25) is 0 Å². The molecule has 0 unspecified atom stereocenters. The predicted octanol–water partition coefficient (Wildman–Crippen LogP) is 2.18. The van der Waals surface area contributed by atoms with E-state index in [1.165, 1.54) is 24.0 Å². The lowest BCUT2D eigenvalue weighted by atomic mass is 9.94. The predicted molar refractivity (Wildman–Crippen MR) is 97.7 cm³/mol. The Labute approximate surface area is 145 Å². The number of rotatable bonds is 10. The second-order valence-corrected chi connectivity index (χ2v) is 6.40. The lowest BCUT2D eigenvalue weighted by molar-refractivity contribution is -0.125. The summed E-state index contributed by atoms with van der Waals surface area (Å²) in [6.45, 7) is 6.66. The van der Waals surface area contributed by atoms with Gasteiger partial charge in [-0.25, -0.2) is 0 Å². The SMILES string of the molecule is CCCCc1ccc([C@H](NCC(=O)NCC(=O)NC)C(C)C)cc1. The zero-order valence-electron chi connectivity index (χ0n) is 15.3. The number of unbranched alkanes of at least 4 members (excludes halogenated alkanes) is 1. The van der Waals surface area contributed by atoms with Gasteiger partial charge in [-0.05, 0) is 29.9 Å². The maximum atomic E-state index is 11.8. The van der Waals surface area contributed by atoms with Gasteiger partial charge in [0.1, 0.15) is 0 Å². The van der Waals surface area contributed by atoms with Crippen molar-refractivity contribution in [3.05, 3.63) is 35.4 Å². The van der Waals surface area contributed by atoms with E-state index in [-0.39, 0.29) is 30.9 Å². The van der Waals surface area contributed by atoms with Crippen molar-refractivity contribution < 1.29 is 9.59 Å². The minimum absolute atomic E-state index is 0.00941. The second-order valence-electron chi connectivity index (χ2n) is 6.40. The van der Waals surface area contributed by atoms with Crippen LogP contribution in [0, 0.1) is 5.92 Å². The van der Waals surface area contributed by atoms with Gasteiger partial charge in [0.05, 0.1) is 13.1 Å². The van der Waals surface area contributed by atoms with Crippen LogP contribution in [-0.2, 0) is 16.0 Å². The number of amides is 2. The quantitative estimate of drug-likeness (QED) is 0.615. The lowest BCUT2D eigenvalue weighted by Gasteiger charge is -2.23. The molecular formula is C19H31N3O2. The number of hydrogen-bond acceptors (Lipinski definition) is 3. The van der Waals surface area contributed by atoms with Crippen molar-refractivity contribution in [2.24, 2.45) is 5.92 Å². The summed E-state index contributed by atoms with van der Waals surface area (Å²) < 4.78 is 0. The Morgan fingerprint density at radius 2 is 1.71 bits per heavy atom. The Balaban J connectivity index is 2.57. The highest BCUT2D eigenvalue weighted by atomic mass is 16.2. The van der Waals surface area contributed by atoms with Crippen LogP contribution in [0.15, 0.2) is 24.3 Å². The zero-order chi connectivity index (χ0) is 17.9. The van der Waals surface area contributed by atoms with Crippen LogP contribution in [0.5, 0.6) is 0 Å². The molecule has 0 aliphatic carbocycles. The molecule has 0 fully saturated rings. The van der Waals surface area contributed by atoms with Gasteiger partial charge in [-0.1, -0.05) is 51.5 Å². The highest BCUT2D eigenvalue weighted by molar-refractivity contribution is 5.85. The summed E-state index contributed by atoms with van der Waals surface area (Å²) >= 11 is 0. The van der Waals surface area contributed by atoms with Gasteiger partial charge in [0.15, 0.2) is 0 Å². The first kappa shape index (κ1) is 20.2. The highest BCUT2D eigenvalue weighted by Crippen LogP contribution is 2.22. The molecule has 0 aromatic heterocycles. The standard InChI is InChI=1S/C19H31N3O2/c1-5-6-7-15-8-10-16(11-9-15)19(14(2)3)22-13-18(24)21-12-17(23)20-4/h8-11,14,19,22H,5-7,12-13H2,1-4H3,(H,20,23)(H,21,24)/t19-/m1/s1. The van der Waals surface area contributed by atoms with Gasteiger partial charge in [0.25, 0.3) is 0 Å². The summed E-state index contributed by atoms with van der Waals surface area (Å²) in [5.74, 6) is -0.0199. The van der Waals surface area contributed by atoms with Crippen molar-refractivity contribution in [1.82, 2.24) is 16.0 Å². The normalized spacial score (nSPS) is 12.0. The fourth-order valence-corrected chi connectivity index (χ4v) is 2.54. The molecule has 0 radical (unpaired) electrons. The number of aryl methyl sites for hydroxylation is 1. The van der Waals surface area contributed by atoms with Crippen LogP contribution in [0.1, 0.15) is 50.8 Å². The van der Waals surface area contributed by atoms with E-state index in [1.54, 1.807) is 7.05 Å². The molecule has 1 atom stereocenters. The number of carbonyl (C=O) groups excluding carboxylic acids is 2. The molecule has 1 rings (SSSR count). The molecule has 2 amide bonds. The van der Waals surface area contributed by atoms with E-state index in [4.69, 9.17) is 0 Å². The molecule has 0 saturated carbocycles. The van der Waals surface area contributed by atoms with Gasteiger partial charge in [-0.15, -0.1) is 0 Å². The molecule has 0 spiro atoms. The number of benzene rings is 1. The Kier molecular flexibility index (Phi) is 9.08. The second kappa shape index (κ2) is 10.8. The first-order valence-electron chi connectivity index (χ1n) is 8.77. The fraction of sp³-hybridized carbons (Fsp3) is 0.579. The van der Waals surface area contributed by atoms with Gasteiger partial charge in [0.2, 0.25) is 11.8 Å². The summed E-state index contributed by atoms with van der Waals surface area (Å²) in [6, 6.07) is 8.74. The summed E-state index contributed by atoms with van der Waals surface area (Å²) in [5.41, 5.74) is 2.54.